The van der Waals surface area contributed by atoms with Crippen LogP contribution in [0.1, 0.15) is 88.3 Å². The molecule has 0 bridgehead atoms. The maximum absolute atomic E-state index is 16.0. The smallest absolute Gasteiger partial charge is 0.414 e. The van der Waals surface area contributed by atoms with Crippen molar-refractivity contribution in [3.05, 3.63) is 29.3 Å². The van der Waals surface area contributed by atoms with Crippen LogP contribution in [0, 0.1) is 23.2 Å². The second-order valence-electron chi connectivity index (χ2n) is 18.1. The molecule has 4 heterocycles. The van der Waals surface area contributed by atoms with E-state index in [4.69, 9.17) is 31.4 Å². The number of phosphoric acid groups is 1. The van der Waals surface area contributed by atoms with Gasteiger partial charge in [0.2, 0.25) is 11.9 Å². The maximum Gasteiger partial charge on any atom is 0.695 e. The second kappa shape index (κ2) is 22.9. The number of H-pyrrole nitrogens is 1. The number of halogens is 1. The van der Waals surface area contributed by atoms with Gasteiger partial charge in [-0.3, -0.25) is 27.9 Å². The molecule has 368 valence electrons. The summed E-state index contributed by atoms with van der Waals surface area (Å²) in [7, 11) is -15.6. The highest BCUT2D eigenvalue weighted by Crippen LogP contribution is 2.56. The fourth-order valence-electron chi connectivity index (χ4n) is 8.15. The molecule has 1 saturated heterocycles. The van der Waals surface area contributed by atoms with Gasteiger partial charge in [-0.05, 0) is 34.5 Å². The van der Waals surface area contributed by atoms with Crippen LogP contribution in [0.25, 0.3) is 11.2 Å². The number of aromatic nitrogens is 7. The van der Waals surface area contributed by atoms with Gasteiger partial charge >= 0.3 is 33.2 Å². The third kappa shape index (κ3) is 12.3. The van der Waals surface area contributed by atoms with Crippen LogP contribution < -0.4 is 16.2 Å². The monoisotopic (exact) mass is 1010 g/mol. The van der Waals surface area contributed by atoms with Crippen LogP contribution >= 0.6 is 16.1 Å². The van der Waals surface area contributed by atoms with Gasteiger partial charge in [0.15, 0.2) is 29.7 Å². The van der Waals surface area contributed by atoms with E-state index >= 15 is 8.96 Å². The van der Waals surface area contributed by atoms with Gasteiger partial charge in [0, 0.05) is 17.0 Å². The molecule has 5 rings (SSSR count). The van der Waals surface area contributed by atoms with E-state index in [1.165, 1.54) is 23.5 Å². The SMILES string of the molecule is CC(C)CNc1nc2c(ncn2[C@@H]2O[C@H](CO)[C@@H](O[Si](O[Si](O)(C(C)C)C(C)C)(C(C)C)C(C)C)[C@H]2O[P@@](=O)(OCCC#N)OC[C@H]2C[C@@H](Nc3ncncn3)[C@H](F)[C@@H]2O[P+](=O)O)c(=O)[nH]1. The van der Waals surface area contributed by atoms with Crippen molar-refractivity contribution in [2.24, 2.45) is 11.8 Å². The van der Waals surface area contributed by atoms with E-state index in [1.807, 2.05) is 75.3 Å². The normalized spacial score (nSPS) is 25.1. The van der Waals surface area contributed by atoms with Crippen molar-refractivity contribution in [3.63, 3.8) is 0 Å². The van der Waals surface area contributed by atoms with Crippen LogP contribution in [0.3, 0.4) is 0 Å². The first-order chi connectivity index (χ1) is 31.1. The van der Waals surface area contributed by atoms with E-state index in [2.05, 4.69) is 40.5 Å². The molecule has 1 aliphatic carbocycles. The Morgan fingerprint density at radius 1 is 1.05 bits per heavy atom. The molecule has 3 aromatic rings. The molecule has 3 aromatic heterocycles. The first-order valence-corrected chi connectivity index (χ1v) is 28.5. The molecular formula is C38H64FN10O13P2Si2+. The van der Waals surface area contributed by atoms with E-state index in [9.17, 15) is 29.4 Å². The van der Waals surface area contributed by atoms with Crippen LogP contribution in [0.2, 0.25) is 22.2 Å². The lowest BCUT2D eigenvalue weighted by Gasteiger charge is -2.47. The van der Waals surface area contributed by atoms with E-state index in [0.717, 1.165) is 0 Å². The number of nitrogens with zero attached hydrogens (tertiary/aromatic N) is 7. The molecule has 0 aromatic carbocycles. The number of alkyl halides is 1. The van der Waals surface area contributed by atoms with Gasteiger partial charge in [0.1, 0.15) is 31.0 Å². The van der Waals surface area contributed by atoms with Crippen molar-refractivity contribution in [1.82, 2.24) is 34.5 Å². The standard InChI is InChI=1S/C38H63FN10O13P2Si2/c1-21(2)15-42-38-47-34-30(35(51)48-38)45-20-49(34)36-33(32(28(16-50)58-36)61-66(24(7)8,25(9)10)62-65(55,22(3)4)23(5)6)60-64(54,56-13-11-12-40)57-17-26-14-27(29(39)31(26)59-63(52)53)46-37-43-18-41-19-44-37/h18-29,31-33,36,50,55H,11,13-17H2,1-10H3,(H3-,41,42,43,44,46,47,48,51,52,53)/p+1/t26-,27-,28-,29+,31-,32-,33-,36-,64+/m1/s1. The summed E-state index contributed by atoms with van der Waals surface area (Å²) in [6.07, 6.45) is -5.78. The van der Waals surface area contributed by atoms with Gasteiger partial charge in [-0.15, -0.1) is 9.42 Å². The molecule has 23 nitrogen and oxygen atoms in total. The van der Waals surface area contributed by atoms with Crippen molar-refractivity contribution in [2.45, 2.75) is 147 Å². The Labute approximate surface area is 386 Å². The zero-order valence-electron chi connectivity index (χ0n) is 38.8. The van der Waals surface area contributed by atoms with Crippen LogP contribution in [-0.2, 0) is 40.5 Å². The Morgan fingerprint density at radius 2 is 1.71 bits per heavy atom. The van der Waals surface area contributed by atoms with E-state index < -0.39 is 107 Å². The average molecular weight is 1010 g/mol. The van der Waals surface area contributed by atoms with Gasteiger partial charge in [-0.2, -0.15) is 10.2 Å². The van der Waals surface area contributed by atoms with Crippen molar-refractivity contribution in [3.8, 4) is 6.07 Å². The van der Waals surface area contributed by atoms with E-state index in [1.54, 1.807) is 0 Å². The number of fused-ring (bicyclic) bond motifs is 1. The maximum atomic E-state index is 16.0. The number of aliphatic hydroxyl groups is 1. The van der Waals surface area contributed by atoms with Gasteiger partial charge in [-0.1, -0.05) is 69.2 Å². The predicted octanol–water partition coefficient (Wildman–Crippen LogP) is 5.49. The van der Waals surface area contributed by atoms with Crippen molar-refractivity contribution >= 4 is 56.3 Å². The summed E-state index contributed by atoms with van der Waals surface area (Å²) in [6.45, 7) is 17.8. The fourth-order valence-corrected chi connectivity index (χ4v) is 20.0. The molecule has 0 radical (unpaired) electrons. The Kier molecular flexibility index (Phi) is 18.6. The minimum atomic E-state index is -4.98. The van der Waals surface area contributed by atoms with Gasteiger partial charge < -0.3 is 33.8 Å². The van der Waals surface area contributed by atoms with Gasteiger partial charge in [-0.25, -0.2) is 28.9 Å². The lowest BCUT2D eigenvalue weighted by atomic mass is 10.1. The second-order valence-corrected chi connectivity index (χ2v) is 29.0. The topological polar surface area (TPSA) is 310 Å². The summed E-state index contributed by atoms with van der Waals surface area (Å²) in [5.74, 6) is -0.725. The number of anilines is 2. The largest absolute Gasteiger partial charge is 0.695 e. The summed E-state index contributed by atoms with van der Waals surface area (Å²) in [4.78, 5) is 58.7. The Bertz CT molecular complexity index is 2210. The lowest BCUT2D eigenvalue weighted by molar-refractivity contribution is -0.0531. The van der Waals surface area contributed by atoms with Gasteiger partial charge in [0.25, 0.3) is 5.56 Å². The highest BCUT2D eigenvalue weighted by atomic mass is 31.2. The highest BCUT2D eigenvalue weighted by molar-refractivity contribution is 7.48. The van der Waals surface area contributed by atoms with Crippen molar-refractivity contribution in [1.29, 1.82) is 5.26 Å². The highest BCUT2D eigenvalue weighted by Gasteiger charge is 2.60. The number of nitrogens with one attached hydrogen (secondary N) is 3. The van der Waals surface area contributed by atoms with Crippen LogP contribution in [0.15, 0.2) is 23.8 Å². The number of hydrogen-bond donors (Lipinski definition) is 6. The lowest BCUT2D eigenvalue weighted by Crippen LogP contribution is -2.62. The van der Waals surface area contributed by atoms with E-state index in [-0.39, 0.29) is 64.0 Å². The fraction of sp³-hybridized carbons (Fsp3) is 0.763. The summed E-state index contributed by atoms with van der Waals surface area (Å²) in [5.41, 5.74) is -1.87. The molecule has 1 saturated carbocycles. The summed E-state index contributed by atoms with van der Waals surface area (Å²) in [6, 6.07) is 0.846. The zero-order chi connectivity index (χ0) is 48.7. The number of rotatable bonds is 25. The van der Waals surface area contributed by atoms with Crippen LogP contribution in [0.4, 0.5) is 16.3 Å². The Morgan fingerprint density at radius 3 is 2.29 bits per heavy atom. The van der Waals surface area contributed by atoms with Crippen molar-refractivity contribution < 1.29 is 59.7 Å². The average Bonchev–Trinajstić information content (AvgIpc) is 3.91. The third-order valence-electron chi connectivity index (χ3n) is 11.7. The molecule has 28 heteroatoms. The van der Waals surface area contributed by atoms with E-state index in [0.29, 0.717) is 6.54 Å². The Balaban J connectivity index is 1.62. The molecule has 66 heavy (non-hydrogen) atoms. The summed E-state index contributed by atoms with van der Waals surface area (Å²) < 4.78 is 88.6. The Hall–Kier alpha value is -3.26. The van der Waals surface area contributed by atoms with Crippen LogP contribution in [0.5, 0.6) is 0 Å². The number of nitriles is 1. The first kappa shape index (κ1) is 53.7. The van der Waals surface area contributed by atoms with Crippen LogP contribution in [-0.4, -0.2) is 129 Å². The molecule has 6 N–H and O–H groups in total. The third-order valence-corrected chi connectivity index (χ3v) is 23.3. The minimum absolute atomic E-state index is 0.0192. The number of hydrogen-bond acceptors (Lipinski definition) is 20. The molecule has 0 spiro atoms. The molecule has 10 atom stereocenters. The number of phosphoric ester groups is 1. The zero-order valence-corrected chi connectivity index (χ0v) is 42.6. The summed E-state index contributed by atoms with van der Waals surface area (Å²) in [5, 5.41) is 26.4. The number of aliphatic hydroxyl groups excluding tert-OH is 1. The quantitative estimate of drug-likeness (QED) is 0.0347. The molecule has 1 aliphatic heterocycles. The molecule has 0 amide bonds. The number of imidazole rings is 1. The predicted molar refractivity (Wildman–Crippen MR) is 242 cm³/mol. The molecule has 2 fully saturated rings. The van der Waals surface area contributed by atoms with Crippen molar-refractivity contribution in [2.75, 3.05) is 37.0 Å². The first-order valence-electron chi connectivity index (χ1n) is 22.0. The summed E-state index contributed by atoms with van der Waals surface area (Å²) >= 11 is 0. The van der Waals surface area contributed by atoms with Gasteiger partial charge in [0.05, 0.1) is 44.7 Å². The minimum Gasteiger partial charge on any atom is -0.414 e. The molecule has 2 aliphatic rings. The molecular weight excluding hydrogens is 942 g/mol. The molecule has 1 unspecified atom stereocenters. The number of aromatic amines is 1. The number of ether oxygens (including phenoxy) is 1.